The topological polar surface area (TPSA) is 125 Å². The molecule has 32 heavy (non-hydrogen) atoms. The molecule has 2 heterocycles. The normalized spacial score (nSPS) is 13.6. The Morgan fingerprint density at radius 3 is 2.72 bits per heavy atom. The molecule has 10 heteroatoms. The molecule has 0 unspecified atom stereocenters. The Hall–Kier alpha value is -3.82. The molecule has 166 valence electrons. The highest BCUT2D eigenvalue weighted by Crippen LogP contribution is 2.19. The fourth-order valence-electron chi connectivity index (χ4n) is 3.63. The maximum atomic E-state index is 12.8. The molecule has 1 aliphatic rings. The number of carbonyl (C=O) groups excluding carboxylic acids is 1. The molecule has 0 bridgehead atoms. The summed E-state index contributed by atoms with van der Waals surface area (Å²) in [5, 5.41) is 10.7. The highest BCUT2D eigenvalue weighted by Gasteiger charge is 2.22. The zero-order valence-corrected chi connectivity index (χ0v) is 17.8. The molecule has 0 saturated heterocycles. The first-order valence-electron chi connectivity index (χ1n) is 10.7. The molecule has 10 nitrogen and oxygen atoms in total. The minimum absolute atomic E-state index is 0.140. The number of amides is 1. The second-order valence-electron chi connectivity index (χ2n) is 7.47. The van der Waals surface area contributed by atoms with Crippen molar-refractivity contribution in [2.24, 2.45) is 0 Å². The predicted octanol–water partition coefficient (Wildman–Crippen LogP) is 2.08. The fourth-order valence-corrected chi connectivity index (χ4v) is 3.63. The highest BCUT2D eigenvalue weighted by molar-refractivity contribution is 5.89. The Labute approximate surface area is 183 Å². The number of nitrogens with zero attached hydrogens (tertiary/aromatic N) is 5. The van der Waals surface area contributed by atoms with Crippen LogP contribution in [0.25, 0.3) is 17.2 Å². The molecule has 0 saturated carbocycles. The van der Waals surface area contributed by atoms with Crippen LogP contribution in [0.3, 0.4) is 0 Å². The van der Waals surface area contributed by atoms with Crippen molar-refractivity contribution in [2.75, 3.05) is 6.54 Å². The zero-order chi connectivity index (χ0) is 22.5. The maximum Gasteiger partial charge on any atom is 0.352 e. The van der Waals surface area contributed by atoms with Crippen molar-refractivity contribution in [3.05, 3.63) is 68.7 Å². The van der Waals surface area contributed by atoms with Crippen molar-refractivity contribution >= 4 is 5.91 Å². The minimum atomic E-state index is -0.651. The quantitative estimate of drug-likeness (QED) is 0.562. The van der Waals surface area contributed by atoms with Gasteiger partial charge in [-0.1, -0.05) is 35.0 Å². The Bertz CT molecular complexity index is 1260. The molecule has 3 aromatic rings. The minimum Gasteiger partial charge on any atom is -0.348 e. The van der Waals surface area contributed by atoms with Gasteiger partial charge in [-0.25, -0.2) is 4.79 Å². The summed E-state index contributed by atoms with van der Waals surface area (Å²) in [5.74, 6) is -0.936. The van der Waals surface area contributed by atoms with E-state index in [0.717, 1.165) is 28.5 Å². The molecule has 1 aromatic carbocycles. The van der Waals surface area contributed by atoms with Crippen LogP contribution in [0.4, 0.5) is 0 Å². The van der Waals surface area contributed by atoms with Gasteiger partial charge >= 0.3 is 17.5 Å². The number of rotatable bonds is 7. The lowest BCUT2D eigenvalue weighted by Crippen LogP contribution is -2.41. The van der Waals surface area contributed by atoms with E-state index in [9.17, 15) is 14.4 Å². The Kier molecular flexibility index (Phi) is 6.39. The third-order valence-electron chi connectivity index (χ3n) is 5.33. The summed E-state index contributed by atoms with van der Waals surface area (Å²) in [6.45, 7) is 2.28. The molecule has 0 fully saturated rings. The van der Waals surface area contributed by atoms with E-state index in [0.29, 0.717) is 12.2 Å². The van der Waals surface area contributed by atoms with Crippen molar-refractivity contribution in [1.82, 2.24) is 29.8 Å². The second-order valence-corrected chi connectivity index (χ2v) is 7.47. The molecule has 1 aliphatic carbocycles. The van der Waals surface area contributed by atoms with Gasteiger partial charge in [0.15, 0.2) is 5.69 Å². The first-order chi connectivity index (χ1) is 15.6. The summed E-state index contributed by atoms with van der Waals surface area (Å²) >= 11 is 0. The molecular formula is C22H24N6O4. The molecule has 0 spiro atoms. The van der Waals surface area contributed by atoms with E-state index in [1.54, 1.807) is 37.3 Å². The van der Waals surface area contributed by atoms with E-state index in [4.69, 9.17) is 4.52 Å². The van der Waals surface area contributed by atoms with Crippen LogP contribution >= 0.6 is 0 Å². The lowest BCUT2D eigenvalue weighted by molar-refractivity contribution is 0.0910. The molecule has 0 radical (unpaired) electrons. The van der Waals surface area contributed by atoms with Gasteiger partial charge in [0.05, 0.1) is 5.69 Å². The number of benzene rings is 1. The van der Waals surface area contributed by atoms with E-state index >= 15 is 0 Å². The summed E-state index contributed by atoms with van der Waals surface area (Å²) in [7, 11) is 0. The van der Waals surface area contributed by atoms with Crippen LogP contribution in [0.5, 0.6) is 0 Å². The van der Waals surface area contributed by atoms with Gasteiger partial charge in [-0.15, -0.1) is 0 Å². The van der Waals surface area contributed by atoms with Crippen LogP contribution in [0.2, 0.25) is 0 Å². The highest BCUT2D eigenvalue weighted by atomic mass is 16.5. The summed E-state index contributed by atoms with van der Waals surface area (Å²) < 4.78 is 7.20. The number of aromatic nitrogens is 5. The molecule has 2 aromatic heterocycles. The van der Waals surface area contributed by atoms with Gasteiger partial charge in [0.25, 0.3) is 5.56 Å². The van der Waals surface area contributed by atoms with Crippen LogP contribution in [0, 0.1) is 0 Å². The van der Waals surface area contributed by atoms with Crippen molar-refractivity contribution < 1.29 is 9.32 Å². The lowest BCUT2D eigenvalue weighted by Gasteiger charge is -2.12. The van der Waals surface area contributed by atoms with Gasteiger partial charge in [-0.3, -0.25) is 14.2 Å². The average molecular weight is 436 g/mol. The second kappa shape index (κ2) is 9.54. The average Bonchev–Trinajstić information content (AvgIpc) is 3.31. The standard InChI is InChI=1S/C22H24N6O4/c1-2-27-21(30)17(25-28(22(27)31)16-11-7-4-8-12-16)18-24-20(32-26-18)19(29)23-14-13-15-9-5-3-6-10-15/h4,7-9,11-12H,2-3,5-6,10,13-14H2,1H3,(H,23,29). The summed E-state index contributed by atoms with van der Waals surface area (Å²) in [6, 6.07) is 8.70. The van der Waals surface area contributed by atoms with Crippen molar-refractivity contribution in [2.45, 2.75) is 45.6 Å². The van der Waals surface area contributed by atoms with E-state index in [-0.39, 0.29) is 24.0 Å². The third kappa shape index (κ3) is 4.43. The van der Waals surface area contributed by atoms with E-state index in [1.165, 1.54) is 18.4 Å². The molecular weight excluding hydrogens is 412 g/mol. The third-order valence-corrected chi connectivity index (χ3v) is 5.33. The van der Waals surface area contributed by atoms with Gasteiger partial charge < -0.3 is 9.84 Å². The first-order valence-corrected chi connectivity index (χ1v) is 10.7. The number of allylic oxidation sites excluding steroid dienone is 1. The number of hydrogen-bond donors (Lipinski definition) is 1. The SMILES string of the molecule is CCn1c(=O)c(-c2noc(C(=O)NCCC3=CCCCC3)n2)nn(-c2ccccc2)c1=O. The van der Waals surface area contributed by atoms with Crippen LogP contribution in [0.1, 0.15) is 49.7 Å². The predicted molar refractivity (Wildman–Crippen MR) is 117 cm³/mol. The van der Waals surface area contributed by atoms with Crippen LogP contribution < -0.4 is 16.6 Å². The number of nitrogens with one attached hydrogen (secondary N) is 1. The van der Waals surface area contributed by atoms with Crippen LogP contribution in [0.15, 0.2) is 56.1 Å². The summed E-state index contributed by atoms with van der Waals surface area (Å²) in [4.78, 5) is 41.9. The first kappa shape index (κ1) is 21.4. The van der Waals surface area contributed by atoms with Crippen molar-refractivity contribution in [3.8, 4) is 17.2 Å². The van der Waals surface area contributed by atoms with Gasteiger partial charge in [0.1, 0.15) is 0 Å². The summed E-state index contributed by atoms with van der Waals surface area (Å²) in [6.07, 6.45) is 7.55. The fraction of sp³-hybridized carbons (Fsp3) is 0.364. The largest absolute Gasteiger partial charge is 0.352 e. The zero-order valence-electron chi connectivity index (χ0n) is 17.8. The Morgan fingerprint density at radius 2 is 2.00 bits per heavy atom. The maximum absolute atomic E-state index is 12.8. The molecule has 4 rings (SSSR count). The number of para-hydroxylation sites is 1. The monoisotopic (exact) mass is 436 g/mol. The van der Waals surface area contributed by atoms with E-state index in [2.05, 4.69) is 26.6 Å². The molecule has 1 N–H and O–H groups in total. The van der Waals surface area contributed by atoms with E-state index < -0.39 is 17.2 Å². The molecule has 1 amide bonds. The van der Waals surface area contributed by atoms with Crippen molar-refractivity contribution in [1.29, 1.82) is 0 Å². The van der Waals surface area contributed by atoms with Gasteiger partial charge in [0, 0.05) is 13.1 Å². The molecule has 0 aliphatic heterocycles. The smallest absolute Gasteiger partial charge is 0.348 e. The number of hydrogen-bond acceptors (Lipinski definition) is 7. The van der Waals surface area contributed by atoms with Gasteiger partial charge in [0.2, 0.25) is 5.82 Å². The lowest BCUT2D eigenvalue weighted by atomic mass is 9.97. The van der Waals surface area contributed by atoms with Crippen LogP contribution in [-0.2, 0) is 6.54 Å². The van der Waals surface area contributed by atoms with Gasteiger partial charge in [-0.2, -0.15) is 14.8 Å². The van der Waals surface area contributed by atoms with Gasteiger partial charge in [-0.05, 0) is 51.2 Å². The van der Waals surface area contributed by atoms with Crippen molar-refractivity contribution in [3.63, 3.8) is 0 Å². The Balaban J connectivity index is 1.58. The summed E-state index contributed by atoms with van der Waals surface area (Å²) in [5.41, 5.74) is 0.424. The molecule has 0 atom stereocenters. The van der Waals surface area contributed by atoms with E-state index in [1.807, 2.05) is 0 Å². The number of carbonyl (C=O) groups is 1. The van der Waals surface area contributed by atoms with Crippen LogP contribution in [-0.4, -0.2) is 36.9 Å². The Morgan fingerprint density at radius 1 is 1.19 bits per heavy atom.